The van der Waals surface area contributed by atoms with Gasteiger partial charge in [0.05, 0.1) is 18.1 Å². The number of nitrogens with two attached hydrogens (primary N) is 1. The zero-order chi connectivity index (χ0) is 15.0. The maximum Gasteiger partial charge on any atom is 0.266 e. The first kappa shape index (κ1) is 14.7. The number of aromatic amines is 1. The summed E-state index contributed by atoms with van der Waals surface area (Å²) in [5, 5.41) is 0.747. The number of ether oxygens (including phenoxy) is 1. The molecule has 112 valence electrons. The first-order valence-corrected chi connectivity index (χ1v) is 8.33. The number of nitrogens with zero attached hydrogens (tertiary/aromatic N) is 1. The number of hydrogen-bond donors (Lipinski definition) is 2. The van der Waals surface area contributed by atoms with Crippen LogP contribution in [0.3, 0.4) is 0 Å². The van der Waals surface area contributed by atoms with E-state index in [-0.39, 0.29) is 5.69 Å². The first-order valence-electron chi connectivity index (χ1n) is 6.43. The van der Waals surface area contributed by atoms with Crippen molar-refractivity contribution in [3.63, 3.8) is 0 Å². The summed E-state index contributed by atoms with van der Waals surface area (Å²) < 4.78 is 20.8. The molecule has 6 nitrogen and oxygen atoms in total. The molecule has 1 amide bonds. The van der Waals surface area contributed by atoms with E-state index in [1.165, 1.54) is 0 Å². The lowest BCUT2D eigenvalue weighted by Crippen LogP contribution is -2.38. The van der Waals surface area contributed by atoms with E-state index in [9.17, 15) is 9.00 Å². The Morgan fingerprint density at radius 3 is 2.76 bits per heavy atom. The van der Waals surface area contributed by atoms with E-state index in [1.807, 2.05) is 18.2 Å². The average molecular weight is 372 g/mol. The first-order chi connectivity index (χ1) is 10.1. The van der Waals surface area contributed by atoms with E-state index in [0.29, 0.717) is 31.2 Å². The van der Waals surface area contributed by atoms with E-state index in [4.69, 9.17) is 10.5 Å². The van der Waals surface area contributed by atoms with Gasteiger partial charge in [0.2, 0.25) is 0 Å². The van der Waals surface area contributed by atoms with Crippen molar-refractivity contribution in [1.82, 2.24) is 9.29 Å². The molecule has 1 aliphatic rings. The van der Waals surface area contributed by atoms with Crippen LogP contribution >= 0.6 is 15.9 Å². The number of carbonyl (C=O) groups is 1. The molecule has 3 N–H and O–H groups in total. The monoisotopic (exact) mass is 371 g/mol. The molecule has 1 saturated heterocycles. The summed E-state index contributed by atoms with van der Waals surface area (Å²) in [5.74, 6) is -0.612. The van der Waals surface area contributed by atoms with Gasteiger partial charge in [-0.15, -0.1) is 0 Å². The van der Waals surface area contributed by atoms with Crippen molar-refractivity contribution in [3.8, 4) is 0 Å². The Morgan fingerprint density at radius 2 is 2.10 bits per heavy atom. The fourth-order valence-electron chi connectivity index (χ4n) is 2.34. The Balaban J connectivity index is 2.12. The van der Waals surface area contributed by atoms with E-state index in [2.05, 4.69) is 20.9 Å². The molecule has 0 bridgehead atoms. The highest BCUT2D eigenvalue weighted by atomic mass is 79.9. The van der Waals surface area contributed by atoms with E-state index in [0.717, 1.165) is 15.4 Å². The topological polar surface area (TPSA) is 88.4 Å². The van der Waals surface area contributed by atoms with Gasteiger partial charge >= 0.3 is 0 Å². The van der Waals surface area contributed by atoms with Gasteiger partial charge in [0, 0.05) is 28.5 Å². The number of H-pyrrole nitrogens is 1. The number of carbonyl (C=O) groups excluding carboxylic acids is 1. The van der Waals surface area contributed by atoms with Crippen molar-refractivity contribution in [2.75, 3.05) is 26.3 Å². The highest BCUT2D eigenvalue weighted by molar-refractivity contribution is 9.10. The number of morpholine rings is 1. The van der Waals surface area contributed by atoms with Crippen LogP contribution in [-0.4, -0.2) is 45.7 Å². The van der Waals surface area contributed by atoms with Crippen molar-refractivity contribution >= 4 is 43.7 Å². The molecule has 0 radical (unpaired) electrons. The summed E-state index contributed by atoms with van der Waals surface area (Å²) >= 11 is 3.38. The highest BCUT2D eigenvalue weighted by Crippen LogP contribution is 2.29. The standard InChI is InChI=1S/C13H14BrN3O3S/c14-8-1-2-9-10(7-8)16-11(13(15)18)12(9)21(19)17-3-5-20-6-4-17/h1-2,7,16H,3-6H2,(H2,15,18). The molecule has 0 spiro atoms. The molecule has 3 rings (SSSR count). The van der Waals surface area contributed by atoms with E-state index < -0.39 is 16.9 Å². The third kappa shape index (κ3) is 2.76. The van der Waals surface area contributed by atoms with Crippen molar-refractivity contribution in [3.05, 3.63) is 28.4 Å². The Morgan fingerprint density at radius 1 is 1.38 bits per heavy atom. The molecule has 1 aliphatic heterocycles. The van der Waals surface area contributed by atoms with Gasteiger partial charge in [-0.25, -0.2) is 8.51 Å². The van der Waals surface area contributed by atoms with Crippen LogP contribution in [0.25, 0.3) is 10.9 Å². The average Bonchev–Trinajstić information content (AvgIpc) is 2.86. The second-order valence-electron chi connectivity index (χ2n) is 4.67. The second-order valence-corrected chi connectivity index (χ2v) is 7.01. The number of primary amides is 1. The van der Waals surface area contributed by atoms with Crippen molar-refractivity contribution in [2.45, 2.75) is 4.90 Å². The van der Waals surface area contributed by atoms with Gasteiger partial charge in [-0.05, 0) is 12.1 Å². The quantitative estimate of drug-likeness (QED) is 0.853. The minimum atomic E-state index is -1.45. The zero-order valence-corrected chi connectivity index (χ0v) is 13.5. The summed E-state index contributed by atoms with van der Waals surface area (Å²) in [6.45, 7) is 2.19. The van der Waals surface area contributed by atoms with Gasteiger partial charge in [-0.3, -0.25) is 4.79 Å². The number of amides is 1. The van der Waals surface area contributed by atoms with Crippen LogP contribution in [-0.2, 0) is 15.7 Å². The number of benzene rings is 1. The van der Waals surface area contributed by atoms with Crippen LogP contribution in [0.1, 0.15) is 10.5 Å². The van der Waals surface area contributed by atoms with Gasteiger partial charge in [0.15, 0.2) is 0 Å². The number of nitrogens with one attached hydrogen (secondary N) is 1. The Bertz CT molecular complexity index is 725. The molecule has 1 unspecified atom stereocenters. The lowest BCUT2D eigenvalue weighted by molar-refractivity contribution is 0.0752. The van der Waals surface area contributed by atoms with Crippen LogP contribution in [0.4, 0.5) is 0 Å². The fourth-order valence-corrected chi connectivity index (χ4v) is 4.13. The number of aromatic nitrogens is 1. The molecular formula is C13H14BrN3O3S. The summed E-state index contributed by atoms with van der Waals surface area (Å²) in [4.78, 5) is 15.1. The van der Waals surface area contributed by atoms with Gasteiger partial charge in [-0.2, -0.15) is 0 Å². The summed E-state index contributed by atoms with van der Waals surface area (Å²) in [7, 11) is -1.45. The van der Waals surface area contributed by atoms with E-state index in [1.54, 1.807) is 4.31 Å². The maximum atomic E-state index is 12.8. The third-order valence-corrected chi connectivity index (χ3v) is 5.44. The smallest absolute Gasteiger partial charge is 0.266 e. The van der Waals surface area contributed by atoms with Gasteiger partial charge in [0.25, 0.3) is 5.91 Å². The van der Waals surface area contributed by atoms with Crippen molar-refractivity contribution in [1.29, 1.82) is 0 Å². The SMILES string of the molecule is NC(=O)c1[nH]c2cc(Br)ccc2c1S(=O)N1CCOCC1. The molecule has 8 heteroatoms. The molecule has 2 aromatic rings. The van der Waals surface area contributed by atoms with Crippen molar-refractivity contribution < 1.29 is 13.7 Å². The minimum Gasteiger partial charge on any atom is -0.379 e. The molecule has 1 aromatic carbocycles. The predicted octanol–water partition coefficient (Wildman–Crippen LogP) is 1.38. The minimum absolute atomic E-state index is 0.202. The lowest BCUT2D eigenvalue weighted by atomic mass is 10.2. The Hall–Kier alpha value is -1.22. The molecule has 1 atom stereocenters. The van der Waals surface area contributed by atoms with Gasteiger partial charge < -0.3 is 15.5 Å². The molecule has 0 saturated carbocycles. The lowest BCUT2D eigenvalue weighted by Gasteiger charge is -2.25. The van der Waals surface area contributed by atoms with E-state index >= 15 is 0 Å². The molecule has 21 heavy (non-hydrogen) atoms. The number of hydrogen-bond acceptors (Lipinski definition) is 3. The van der Waals surface area contributed by atoms with Crippen LogP contribution in [0.5, 0.6) is 0 Å². The normalized spacial score (nSPS) is 18.0. The summed E-state index contributed by atoms with van der Waals surface area (Å²) in [5.41, 5.74) is 6.36. The highest BCUT2D eigenvalue weighted by Gasteiger charge is 2.26. The third-order valence-electron chi connectivity index (χ3n) is 3.34. The molecule has 0 aliphatic carbocycles. The van der Waals surface area contributed by atoms with Crippen LogP contribution in [0.15, 0.2) is 27.6 Å². The van der Waals surface area contributed by atoms with Crippen LogP contribution < -0.4 is 5.73 Å². The second kappa shape index (κ2) is 5.88. The molecule has 1 aromatic heterocycles. The van der Waals surface area contributed by atoms with Crippen molar-refractivity contribution in [2.24, 2.45) is 5.73 Å². The van der Waals surface area contributed by atoms with Crippen LogP contribution in [0, 0.1) is 0 Å². The summed E-state index contributed by atoms with van der Waals surface area (Å²) in [6, 6.07) is 5.51. The number of halogens is 1. The molecule has 2 heterocycles. The Labute approximate surface area is 132 Å². The molecular weight excluding hydrogens is 358 g/mol. The number of rotatable bonds is 3. The zero-order valence-electron chi connectivity index (χ0n) is 11.1. The van der Waals surface area contributed by atoms with Gasteiger partial charge in [-0.1, -0.05) is 22.0 Å². The fraction of sp³-hybridized carbons (Fsp3) is 0.308. The molecule has 1 fully saturated rings. The largest absolute Gasteiger partial charge is 0.379 e. The number of fused-ring (bicyclic) bond motifs is 1. The maximum absolute atomic E-state index is 12.8. The Kier molecular flexibility index (Phi) is 4.12. The predicted molar refractivity (Wildman–Crippen MR) is 83.3 cm³/mol. The summed E-state index contributed by atoms with van der Waals surface area (Å²) in [6.07, 6.45) is 0. The van der Waals surface area contributed by atoms with Gasteiger partial charge in [0.1, 0.15) is 16.7 Å². The van der Waals surface area contributed by atoms with Crippen LogP contribution in [0.2, 0.25) is 0 Å².